The maximum absolute atomic E-state index is 13.6. The largest absolute Gasteiger partial charge is 0.350 e. The van der Waals surface area contributed by atoms with Crippen LogP contribution >= 0.6 is 11.3 Å². The number of nitrogens with one attached hydrogen (secondary N) is 2. The molecule has 2 aromatic rings. The Morgan fingerprint density at radius 2 is 1.89 bits per heavy atom. The number of piperazine rings is 1. The van der Waals surface area contributed by atoms with Gasteiger partial charge in [-0.25, -0.2) is 27.8 Å². The third-order valence-corrected chi connectivity index (χ3v) is 11.1. The number of carbonyl (C=O) groups excluding carboxylic acids is 1. The van der Waals surface area contributed by atoms with Crippen molar-refractivity contribution in [3.05, 3.63) is 42.2 Å². The fourth-order valence-corrected chi connectivity index (χ4v) is 8.29. The average Bonchev–Trinajstić information content (AvgIpc) is 3.39. The van der Waals surface area contributed by atoms with E-state index in [1.165, 1.54) is 18.2 Å². The van der Waals surface area contributed by atoms with E-state index in [0.717, 1.165) is 32.8 Å². The standard InChI is InChI=1S/C22H29FN4O7S3/c1-2-24-37(31,32)26-12-13-27(18(15-26)22(28)25-34-20-5-3-4-14-33-20)36(29,30)21-11-10-19(35-21)16-6-8-17(23)9-7-16/h6-11,18,20,24H,2-5,12-15H2,1H3,(H,25,28)/t18-,20?/m1/s1. The van der Waals surface area contributed by atoms with Crippen molar-refractivity contribution in [3.63, 3.8) is 0 Å². The van der Waals surface area contributed by atoms with Crippen LogP contribution in [0, 0.1) is 5.82 Å². The lowest BCUT2D eigenvalue weighted by Crippen LogP contribution is -2.62. The fourth-order valence-electron chi connectivity index (χ4n) is 4.07. The summed E-state index contributed by atoms with van der Waals surface area (Å²) in [7, 11) is -8.10. The molecule has 0 saturated carbocycles. The van der Waals surface area contributed by atoms with Gasteiger partial charge in [0.05, 0.1) is 0 Å². The molecule has 3 heterocycles. The molecule has 1 aromatic carbocycles. The van der Waals surface area contributed by atoms with Crippen molar-refractivity contribution >= 4 is 37.5 Å². The summed E-state index contributed by atoms with van der Waals surface area (Å²) >= 11 is 0.977. The van der Waals surface area contributed by atoms with E-state index >= 15 is 0 Å². The van der Waals surface area contributed by atoms with Gasteiger partial charge in [0.25, 0.3) is 26.1 Å². The summed E-state index contributed by atoms with van der Waals surface area (Å²) in [4.78, 5) is 19.1. The van der Waals surface area contributed by atoms with Crippen molar-refractivity contribution in [2.75, 3.05) is 32.8 Å². The minimum Gasteiger partial charge on any atom is -0.350 e. The lowest BCUT2D eigenvalue weighted by molar-refractivity contribution is -0.202. The van der Waals surface area contributed by atoms with Gasteiger partial charge in [-0.3, -0.25) is 4.79 Å². The second kappa shape index (κ2) is 11.8. The second-order valence-electron chi connectivity index (χ2n) is 8.50. The first-order chi connectivity index (χ1) is 17.6. The van der Waals surface area contributed by atoms with Gasteiger partial charge in [-0.2, -0.15) is 17.0 Å². The number of hydrogen-bond acceptors (Lipinski definition) is 8. The van der Waals surface area contributed by atoms with Gasteiger partial charge in [-0.05, 0) is 42.7 Å². The van der Waals surface area contributed by atoms with Gasteiger partial charge in [0, 0.05) is 44.1 Å². The van der Waals surface area contributed by atoms with Gasteiger partial charge < -0.3 is 4.74 Å². The molecule has 1 aromatic heterocycles. The van der Waals surface area contributed by atoms with Crippen molar-refractivity contribution in [3.8, 4) is 10.4 Å². The third kappa shape index (κ3) is 6.54. The van der Waals surface area contributed by atoms with Crippen LogP contribution in [0.15, 0.2) is 40.6 Å². The highest BCUT2D eigenvalue weighted by atomic mass is 32.2. The zero-order valence-corrected chi connectivity index (χ0v) is 22.6. The van der Waals surface area contributed by atoms with Gasteiger partial charge in [0.15, 0.2) is 6.29 Å². The van der Waals surface area contributed by atoms with Crippen LogP contribution in [0.5, 0.6) is 0 Å². The Hall–Kier alpha value is -1.98. The molecule has 0 spiro atoms. The van der Waals surface area contributed by atoms with Crippen LogP contribution in [0.3, 0.4) is 0 Å². The maximum atomic E-state index is 13.6. The molecule has 2 N–H and O–H groups in total. The Morgan fingerprint density at radius 1 is 1.14 bits per heavy atom. The van der Waals surface area contributed by atoms with E-state index in [1.807, 2.05) is 0 Å². The number of rotatable bonds is 9. The molecule has 1 amide bonds. The van der Waals surface area contributed by atoms with Gasteiger partial charge in [-0.15, -0.1) is 11.3 Å². The lowest BCUT2D eigenvalue weighted by Gasteiger charge is -2.38. The third-order valence-electron chi connectivity index (χ3n) is 5.97. The average molecular weight is 577 g/mol. The number of benzene rings is 1. The molecule has 1 unspecified atom stereocenters. The van der Waals surface area contributed by atoms with Crippen molar-refractivity contribution < 1.29 is 35.6 Å². The highest BCUT2D eigenvalue weighted by molar-refractivity contribution is 7.91. The first kappa shape index (κ1) is 28.0. The number of ether oxygens (including phenoxy) is 1. The molecule has 2 atom stereocenters. The van der Waals surface area contributed by atoms with E-state index in [-0.39, 0.29) is 23.8 Å². The monoisotopic (exact) mass is 576 g/mol. The molecule has 37 heavy (non-hydrogen) atoms. The van der Waals surface area contributed by atoms with Crippen molar-refractivity contribution in [2.45, 2.75) is 42.7 Å². The van der Waals surface area contributed by atoms with E-state index < -0.39 is 50.8 Å². The maximum Gasteiger partial charge on any atom is 0.279 e. The van der Waals surface area contributed by atoms with E-state index in [4.69, 9.17) is 9.57 Å². The highest BCUT2D eigenvalue weighted by Crippen LogP contribution is 2.34. The van der Waals surface area contributed by atoms with Crippen LogP contribution < -0.4 is 10.2 Å². The molecule has 2 fully saturated rings. The Kier molecular flexibility index (Phi) is 8.96. The molecule has 2 aliphatic rings. The van der Waals surface area contributed by atoms with E-state index in [2.05, 4.69) is 10.2 Å². The Morgan fingerprint density at radius 3 is 2.57 bits per heavy atom. The number of hydrogen-bond donors (Lipinski definition) is 2. The van der Waals surface area contributed by atoms with E-state index in [0.29, 0.717) is 23.5 Å². The molecule has 15 heteroatoms. The van der Waals surface area contributed by atoms with Crippen molar-refractivity contribution in [1.82, 2.24) is 18.8 Å². The Balaban J connectivity index is 1.58. The summed E-state index contributed by atoms with van der Waals surface area (Å²) in [6.45, 7) is 1.46. The second-order valence-corrected chi connectivity index (χ2v) is 13.5. The number of nitrogens with zero attached hydrogens (tertiary/aromatic N) is 2. The van der Waals surface area contributed by atoms with Crippen LogP contribution in [-0.2, 0) is 34.6 Å². The Labute approximate surface area is 219 Å². The molecule has 4 rings (SSSR count). The van der Waals surface area contributed by atoms with Crippen LogP contribution in [0.1, 0.15) is 26.2 Å². The first-order valence-electron chi connectivity index (χ1n) is 11.8. The normalized spacial score (nSPS) is 22.1. The lowest BCUT2D eigenvalue weighted by atomic mass is 10.2. The smallest absolute Gasteiger partial charge is 0.279 e. The SMILES string of the molecule is CCNS(=O)(=O)N1CCN(S(=O)(=O)c2ccc(-c3ccc(F)cc3)s2)[C@@H](C(=O)NOC2CCCCO2)C1. The number of amides is 1. The van der Waals surface area contributed by atoms with Crippen LogP contribution in [0.2, 0.25) is 0 Å². The predicted molar refractivity (Wildman–Crippen MR) is 134 cm³/mol. The number of thiophene rings is 1. The fraction of sp³-hybridized carbons (Fsp3) is 0.500. The van der Waals surface area contributed by atoms with Crippen LogP contribution in [-0.4, -0.2) is 76.5 Å². The zero-order chi connectivity index (χ0) is 26.6. The molecular formula is C22H29FN4O7S3. The zero-order valence-electron chi connectivity index (χ0n) is 20.1. The minimum atomic E-state index is -4.19. The van der Waals surface area contributed by atoms with Crippen LogP contribution in [0.4, 0.5) is 4.39 Å². The number of halogens is 1. The summed E-state index contributed by atoms with van der Waals surface area (Å²) in [5, 5.41) is 0. The molecule has 0 aliphatic carbocycles. The minimum absolute atomic E-state index is 0.0239. The summed E-state index contributed by atoms with van der Waals surface area (Å²) < 4.78 is 75.6. The molecule has 2 aliphatic heterocycles. The predicted octanol–water partition coefficient (Wildman–Crippen LogP) is 1.66. The van der Waals surface area contributed by atoms with Crippen molar-refractivity contribution in [2.24, 2.45) is 0 Å². The Bertz CT molecular complexity index is 1300. The van der Waals surface area contributed by atoms with Gasteiger partial charge in [0.2, 0.25) is 0 Å². The summed E-state index contributed by atoms with van der Waals surface area (Å²) in [5.74, 6) is -1.21. The number of sulfonamides is 1. The van der Waals surface area contributed by atoms with E-state index in [9.17, 15) is 26.0 Å². The molecule has 2 saturated heterocycles. The first-order valence-corrected chi connectivity index (χ1v) is 15.5. The molecule has 11 nitrogen and oxygen atoms in total. The van der Waals surface area contributed by atoms with Crippen molar-refractivity contribution in [1.29, 1.82) is 0 Å². The highest BCUT2D eigenvalue weighted by Gasteiger charge is 2.44. The molecule has 204 valence electrons. The van der Waals surface area contributed by atoms with E-state index in [1.54, 1.807) is 25.1 Å². The number of hydroxylamine groups is 1. The van der Waals surface area contributed by atoms with Gasteiger partial charge in [0.1, 0.15) is 16.1 Å². The quantitative estimate of drug-likeness (QED) is 0.434. The number of carbonyl (C=O) groups is 1. The summed E-state index contributed by atoms with van der Waals surface area (Å²) in [6.07, 6.45) is 1.63. The summed E-state index contributed by atoms with van der Waals surface area (Å²) in [6, 6.07) is 7.29. The van der Waals surface area contributed by atoms with Gasteiger partial charge in [-0.1, -0.05) is 19.1 Å². The van der Waals surface area contributed by atoms with Crippen LogP contribution in [0.25, 0.3) is 10.4 Å². The van der Waals surface area contributed by atoms with Gasteiger partial charge >= 0.3 is 0 Å². The molecular weight excluding hydrogens is 547 g/mol. The summed E-state index contributed by atoms with van der Waals surface area (Å²) in [5.41, 5.74) is 2.92. The molecule has 0 bridgehead atoms. The topological polar surface area (TPSA) is 134 Å². The molecule has 0 radical (unpaired) electrons.